The third-order valence-electron chi connectivity index (χ3n) is 6.50. The number of aromatic nitrogens is 3. The Balaban J connectivity index is 1.75. The van der Waals surface area contributed by atoms with Gasteiger partial charge in [-0.15, -0.1) is 11.3 Å². The van der Waals surface area contributed by atoms with Crippen LogP contribution >= 0.6 is 22.9 Å². The number of carbonyl (C=O) groups excluding carboxylic acids is 1. The number of hydrogen-bond donors (Lipinski definition) is 0. The van der Waals surface area contributed by atoms with E-state index in [4.69, 9.17) is 21.3 Å². The molecule has 0 unspecified atom stereocenters. The Hall–Kier alpha value is -3.06. The normalized spacial score (nSPS) is 13.1. The smallest absolute Gasteiger partial charge is 0.163 e. The number of thiazole rings is 1. The molecule has 5 rings (SSSR count). The van der Waals surface area contributed by atoms with Crippen LogP contribution in [0.3, 0.4) is 0 Å². The average Bonchev–Trinajstić information content (AvgIpc) is 3.45. The van der Waals surface area contributed by atoms with Gasteiger partial charge < -0.3 is 4.74 Å². The molecule has 2 aromatic heterocycles. The van der Waals surface area contributed by atoms with Crippen molar-refractivity contribution in [3.63, 3.8) is 0 Å². The number of ether oxygens (including phenoxy) is 1. The van der Waals surface area contributed by atoms with Crippen molar-refractivity contribution in [3.05, 3.63) is 70.9 Å². The summed E-state index contributed by atoms with van der Waals surface area (Å²) < 4.78 is 9.41. The maximum absolute atomic E-state index is 13.0. The molecule has 0 radical (unpaired) electrons. The number of carbonyl (C=O) groups is 1. The number of halogens is 1. The van der Waals surface area contributed by atoms with Crippen molar-refractivity contribution in [2.45, 2.75) is 66.2 Å². The lowest BCUT2D eigenvalue weighted by atomic mass is 9.90. The summed E-state index contributed by atoms with van der Waals surface area (Å²) in [6, 6.07) is 16.5. The predicted molar refractivity (Wildman–Crippen MR) is 158 cm³/mol. The molecule has 0 bridgehead atoms. The Morgan fingerprint density at radius 2 is 1.74 bits per heavy atom. The number of hydrogen-bond acceptors (Lipinski definition) is 5. The van der Waals surface area contributed by atoms with Gasteiger partial charge in [0.1, 0.15) is 11.1 Å². The molecule has 0 N–H and O–H groups in total. The van der Waals surface area contributed by atoms with Crippen molar-refractivity contribution in [2.24, 2.45) is 0 Å². The van der Waals surface area contributed by atoms with E-state index in [1.54, 1.807) is 18.3 Å². The van der Waals surface area contributed by atoms with Crippen LogP contribution in [0.4, 0.5) is 0 Å². The van der Waals surface area contributed by atoms with Gasteiger partial charge in [-0.05, 0) is 96.0 Å². The number of benzene rings is 3. The summed E-state index contributed by atoms with van der Waals surface area (Å²) in [6.07, 6.45) is 1.21. The molecule has 0 aliphatic heterocycles. The van der Waals surface area contributed by atoms with Crippen LogP contribution in [0.5, 0.6) is 0 Å². The van der Waals surface area contributed by atoms with Gasteiger partial charge in [0.2, 0.25) is 0 Å². The first kappa shape index (κ1) is 26.5. The monoisotopic (exact) mass is 545 g/mol. The summed E-state index contributed by atoms with van der Waals surface area (Å²) in [5.74, 6) is -0.0325. The van der Waals surface area contributed by atoms with Crippen LogP contribution in [0.15, 0.2) is 54.7 Å². The number of nitrogens with zero attached hydrogens (tertiary/aromatic N) is 3. The van der Waals surface area contributed by atoms with Crippen LogP contribution in [0.2, 0.25) is 5.02 Å². The molecule has 196 valence electrons. The zero-order valence-corrected chi connectivity index (χ0v) is 24.4. The first-order valence-corrected chi connectivity index (χ1v) is 14.0. The maximum atomic E-state index is 13.0. The van der Waals surface area contributed by atoms with Gasteiger partial charge >= 0.3 is 0 Å². The van der Waals surface area contributed by atoms with E-state index < -0.39 is 11.7 Å². The Bertz CT molecular complexity index is 1660. The predicted octanol–water partition coefficient (Wildman–Crippen LogP) is 8.97. The first-order chi connectivity index (χ1) is 17.9. The molecule has 0 aliphatic rings. The quantitative estimate of drug-likeness (QED) is 0.213. The second-order valence-electron chi connectivity index (χ2n) is 11.0. The molecule has 3 aromatic carbocycles. The van der Waals surface area contributed by atoms with Gasteiger partial charge in [-0.25, -0.2) is 4.98 Å². The third kappa shape index (κ3) is 5.00. The van der Waals surface area contributed by atoms with Crippen LogP contribution in [0.25, 0.3) is 42.8 Å². The van der Waals surface area contributed by atoms with E-state index in [0.717, 1.165) is 53.9 Å². The SMILES string of the molecule is CC(=O)[C@@H](OC(C)(C)C)c1c(C)cc2nc(-c3ccc4c(cnn4C(C)C)c3)sc2c1-c1ccc(Cl)cc1. The summed E-state index contributed by atoms with van der Waals surface area (Å²) in [6.45, 7) is 13.8. The second-order valence-corrected chi connectivity index (χ2v) is 12.5. The van der Waals surface area contributed by atoms with E-state index in [-0.39, 0.29) is 11.8 Å². The summed E-state index contributed by atoms with van der Waals surface area (Å²) >= 11 is 7.88. The number of rotatable bonds is 6. The number of aryl methyl sites for hydroxylation is 1. The van der Waals surface area contributed by atoms with Gasteiger partial charge in [-0.3, -0.25) is 9.48 Å². The fourth-order valence-electron chi connectivity index (χ4n) is 4.87. The number of Topliss-reactive ketones (excluding diaryl/α,β-unsaturated/α-hetero) is 1. The third-order valence-corrected chi connectivity index (χ3v) is 7.88. The fraction of sp³-hybridized carbons (Fsp3) is 0.323. The molecule has 5 nitrogen and oxygen atoms in total. The molecule has 0 spiro atoms. The summed E-state index contributed by atoms with van der Waals surface area (Å²) in [4.78, 5) is 18.0. The molecule has 0 saturated carbocycles. The first-order valence-electron chi connectivity index (χ1n) is 12.8. The van der Waals surface area contributed by atoms with E-state index in [1.807, 2.05) is 62.8 Å². The number of ketones is 1. The highest BCUT2D eigenvalue weighted by Gasteiger charge is 2.30. The van der Waals surface area contributed by atoms with Crippen molar-refractivity contribution in [2.75, 3.05) is 0 Å². The average molecular weight is 546 g/mol. The van der Waals surface area contributed by atoms with Crippen LogP contribution in [0, 0.1) is 6.92 Å². The molecule has 5 aromatic rings. The van der Waals surface area contributed by atoms with Gasteiger partial charge in [0.15, 0.2) is 5.78 Å². The molecule has 38 heavy (non-hydrogen) atoms. The van der Waals surface area contributed by atoms with Crippen LogP contribution < -0.4 is 0 Å². The summed E-state index contributed by atoms with van der Waals surface area (Å²) in [5.41, 5.74) is 6.34. The topological polar surface area (TPSA) is 57.0 Å². The molecule has 2 heterocycles. The highest BCUT2D eigenvalue weighted by atomic mass is 35.5. The molecular formula is C31H32ClN3O2S. The highest BCUT2D eigenvalue weighted by Crippen LogP contribution is 2.44. The largest absolute Gasteiger partial charge is 0.360 e. The minimum absolute atomic E-state index is 0.0325. The van der Waals surface area contributed by atoms with Crippen molar-refractivity contribution in [1.29, 1.82) is 0 Å². The van der Waals surface area contributed by atoms with Gasteiger partial charge in [-0.1, -0.05) is 23.7 Å². The second kappa shape index (κ2) is 9.92. The molecule has 0 saturated heterocycles. The zero-order chi connectivity index (χ0) is 27.4. The van der Waals surface area contributed by atoms with Crippen molar-refractivity contribution in [1.82, 2.24) is 14.8 Å². The van der Waals surface area contributed by atoms with Gasteiger partial charge in [0, 0.05) is 33.1 Å². The zero-order valence-electron chi connectivity index (χ0n) is 22.8. The molecule has 0 amide bonds. The van der Waals surface area contributed by atoms with E-state index in [2.05, 4.69) is 43.2 Å². The van der Waals surface area contributed by atoms with Crippen molar-refractivity contribution in [3.8, 4) is 21.7 Å². The van der Waals surface area contributed by atoms with E-state index >= 15 is 0 Å². The molecule has 0 aliphatic carbocycles. The minimum atomic E-state index is -0.700. The molecular weight excluding hydrogens is 514 g/mol. The van der Waals surface area contributed by atoms with Gasteiger partial charge in [0.05, 0.1) is 27.5 Å². The van der Waals surface area contributed by atoms with Gasteiger partial charge in [0.25, 0.3) is 0 Å². The highest BCUT2D eigenvalue weighted by molar-refractivity contribution is 7.22. The number of fused-ring (bicyclic) bond motifs is 2. The van der Waals surface area contributed by atoms with Crippen LogP contribution in [-0.2, 0) is 9.53 Å². The lowest BCUT2D eigenvalue weighted by molar-refractivity contribution is -0.138. The standard InChI is InChI=1S/C31H32ClN3O2S/c1-17(2)35-25-13-10-21(15-22(25)16-33-35)30-34-24-14-18(3)26(28(19(4)36)37-31(5,6)7)27(29(24)38-30)20-8-11-23(32)12-9-20/h8-17,28H,1-7H3/t28-/m1/s1. The summed E-state index contributed by atoms with van der Waals surface area (Å²) in [5, 5.41) is 7.23. The van der Waals surface area contributed by atoms with Crippen molar-refractivity contribution >= 4 is 49.8 Å². The maximum Gasteiger partial charge on any atom is 0.163 e. The minimum Gasteiger partial charge on any atom is -0.360 e. The Morgan fingerprint density at radius 1 is 1.05 bits per heavy atom. The lowest BCUT2D eigenvalue weighted by Gasteiger charge is -2.29. The van der Waals surface area contributed by atoms with Crippen LogP contribution in [-0.4, -0.2) is 26.1 Å². The lowest BCUT2D eigenvalue weighted by Crippen LogP contribution is -2.27. The van der Waals surface area contributed by atoms with E-state index in [9.17, 15) is 4.79 Å². The molecule has 0 fully saturated rings. The summed E-state index contributed by atoms with van der Waals surface area (Å²) in [7, 11) is 0. The Labute approximate surface area is 232 Å². The molecule has 7 heteroatoms. The van der Waals surface area contributed by atoms with E-state index in [1.165, 1.54) is 0 Å². The van der Waals surface area contributed by atoms with E-state index in [0.29, 0.717) is 5.02 Å². The molecule has 1 atom stereocenters. The van der Waals surface area contributed by atoms with Gasteiger partial charge in [-0.2, -0.15) is 5.10 Å². The van der Waals surface area contributed by atoms with Crippen molar-refractivity contribution < 1.29 is 9.53 Å². The van der Waals surface area contributed by atoms with Crippen LogP contribution in [0.1, 0.15) is 64.8 Å². The fourth-order valence-corrected chi connectivity index (χ4v) is 6.12. The Kier molecular flexibility index (Phi) is 6.93. The Morgan fingerprint density at radius 3 is 2.37 bits per heavy atom.